The van der Waals surface area contributed by atoms with Gasteiger partial charge in [-0.25, -0.2) is 22.2 Å². The molecule has 3 aromatic rings. The van der Waals surface area contributed by atoms with Gasteiger partial charge in [0.25, 0.3) is 15.9 Å². The van der Waals surface area contributed by atoms with Gasteiger partial charge in [0.2, 0.25) is 0 Å². The number of pyridine rings is 1. The average molecular weight is 476 g/mol. The third-order valence-electron chi connectivity index (χ3n) is 5.72. The Hall–Kier alpha value is -3.18. The molecule has 0 bridgehead atoms. The summed E-state index contributed by atoms with van der Waals surface area (Å²) in [5.74, 6) is -2.55. The third-order valence-corrected chi connectivity index (χ3v) is 7.51. The number of piperidine rings is 1. The summed E-state index contributed by atoms with van der Waals surface area (Å²) >= 11 is 0. The first kappa shape index (κ1) is 23.0. The van der Waals surface area contributed by atoms with E-state index in [1.165, 1.54) is 16.8 Å². The fourth-order valence-electron chi connectivity index (χ4n) is 3.99. The molecule has 1 N–H and O–H groups in total. The summed E-state index contributed by atoms with van der Waals surface area (Å²) in [6.07, 6.45) is 5.39. The monoisotopic (exact) mass is 475 g/mol. The highest BCUT2D eigenvalue weighted by atomic mass is 32.2. The zero-order valence-electron chi connectivity index (χ0n) is 17.9. The first-order valence-electron chi connectivity index (χ1n) is 10.4. The van der Waals surface area contributed by atoms with Gasteiger partial charge in [-0.2, -0.15) is 4.31 Å². The van der Waals surface area contributed by atoms with Crippen LogP contribution in [0.15, 0.2) is 60.1 Å². The van der Waals surface area contributed by atoms with Crippen LogP contribution in [-0.2, 0) is 17.1 Å². The molecule has 2 aromatic heterocycles. The van der Waals surface area contributed by atoms with Crippen LogP contribution >= 0.6 is 0 Å². The Balaban J connectivity index is 1.52. The van der Waals surface area contributed by atoms with Crippen LogP contribution < -0.4 is 5.32 Å². The Morgan fingerprint density at radius 1 is 1.15 bits per heavy atom. The second-order valence-electron chi connectivity index (χ2n) is 7.95. The summed E-state index contributed by atoms with van der Waals surface area (Å²) in [6.45, 7) is 0.487. The Labute approximate surface area is 190 Å². The van der Waals surface area contributed by atoms with Crippen LogP contribution in [0.25, 0.3) is 0 Å². The SMILES string of the molecule is Cn1cnc(S(=O)(=O)N2CCC(C(NC(=O)c3ccc(F)cc3F)c3ccccn3)CC2)c1. The highest BCUT2D eigenvalue weighted by Crippen LogP contribution is 2.32. The van der Waals surface area contributed by atoms with Gasteiger partial charge in [-0.05, 0) is 43.0 Å². The Morgan fingerprint density at radius 2 is 1.91 bits per heavy atom. The minimum Gasteiger partial charge on any atom is -0.343 e. The van der Waals surface area contributed by atoms with E-state index < -0.39 is 33.6 Å². The fourth-order valence-corrected chi connectivity index (χ4v) is 5.43. The van der Waals surface area contributed by atoms with E-state index in [0.29, 0.717) is 24.6 Å². The second-order valence-corrected chi connectivity index (χ2v) is 9.83. The number of hydrogen-bond donors (Lipinski definition) is 1. The molecule has 11 heteroatoms. The van der Waals surface area contributed by atoms with Crippen LogP contribution in [0.2, 0.25) is 0 Å². The summed E-state index contributed by atoms with van der Waals surface area (Å²) in [7, 11) is -2.02. The van der Waals surface area contributed by atoms with Gasteiger partial charge < -0.3 is 9.88 Å². The predicted octanol–water partition coefficient (Wildman–Crippen LogP) is 2.67. The summed E-state index contributed by atoms with van der Waals surface area (Å²) in [5.41, 5.74) is 0.312. The molecule has 1 amide bonds. The molecule has 1 saturated heterocycles. The molecule has 1 atom stereocenters. The lowest BCUT2D eigenvalue weighted by Crippen LogP contribution is -2.43. The van der Waals surface area contributed by atoms with E-state index >= 15 is 0 Å². The number of hydrogen-bond acceptors (Lipinski definition) is 5. The Morgan fingerprint density at radius 3 is 2.52 bits per heavy atom. The van der Waals surface area contributed by atoms with Crippen molar-refractivity contribution in [1.29, 1.82) is 0 Å². The van der Waals surface area contributed by atoms with Crippen molar-refractivity contribution in [1.82, 2.24) is 24.2 Å². The van der Waals surface area contributed by atoms with E-state index in [9.17, 15) is 22.0 Å². The number of sulfonamides is 1. The van der Waals surface area contributed by atoms with E-state index in [2.05, 4.69) is 15.3 Å². The molecule has 1 aromatic carbocycles. The second kappa shape index (κ2) is 9.36. The molecule has 3 heterocycles. The lowest BCUT2D eigenvalue weighted by atomic mass is 9.87. The van der Waals surface area contributed by atoms with Crippen LogP contribution in [0.5, 0.6) is 0 Å². The van der Waals surface area contributed by atoms with Gasteiger partial charge >= 0.3 is 0 Å². The zero-order chi connectivity index (χ0) is 23.6. The quantitative estimate of drug-likeness (QED) is 0.591. The van der Waals surface area contributed by atoms with Gasteiger partial charge in [0.1, 0.15) is 11.6 Å². The van der Waals surface area contributed by atoms with Gasteiger partial charge in [-0.3, -0.25) is 9.78 Å². The fraction of sp³-hybridized carbons (Fsp3) is 0.318. The summed E-state index contributed by atoms with van der Waals surface area (Å²) in [4.78, 5) is 21.1. The van der Waals surface area contributed by atoms with Crippen molar-refractivity contribution in [3.05, 3.63) is 78.0 Å². The normalized spacial score (nSPS) is 16.5. The molecule has 1 unspecified atom stereocenters. The molecule has 0 saturated carbocycles. The average Bonchev–Trinajstić information content (AvgIpc) is 3.25. The van der Waals surface area contributed by atoms with Gasteiger partial charge in [-0.15, -0.1) is 0 Å². The number of imidazole rings is 1. The third kappa shape index (κ3) is 4.93. The molecule has 1 aliphatic rings. The standard InChI is InChI=1S/C22H23F2N5O3S/c1-28-13-20(26-14-28)33(31,32)29-10-7-15(8-11-29)21(19-4-2-3-9-25-19)27-22(30)17-6-5-16(23)12-18(17)24/h2-6,9,12-15,21H,7-8,10-11H2,1H3,(H,27,30). The first-order valence-corrected chi connectivity index (χ1v) is 11.8. The molecule has 0 radical (unpaired) electrons. The van der Waals surface area contributed by atoms with Crippen LogP contribution in [-0.4, -0.2) is 46.3 Å². The largest absolute Gasteiger partial charge is 0.343 e. The number of nitrogens with one attached hydrogen (secondary N) is 1. The molecule has 0 spiro atoms. The lowest BCUT2D eigenvalue weighted by molar-refractivity contribution is 0.0901. The smallest absolute Gasteiger partial charge is 0.262 e. The maximum Gasteiger partial charge on any atom is 0.262 e. The van der Waals surface area contributed by atoms with Crippen molar-refractivity contribution < 1.29 is 22.0 Å². The Bertz CT molecular complexity index is 1240. The summed E-state index contributed by atoms with van der Waals surface area (Å²) in [6, 6.07) is 7.48. The van der Waals surface area contributed by atoms with E-state index in [4.69, 9.17) is 0 Å². The molecule has 174 valence electrons. The van der Waals surface area contributed by atoms with Gasteiger partial charge in [-0.1, -0.05) is 6.07 Å². The number of amides is 1. The Kier molecular flexibility index (Phi) is 6.52. The predicted molar refractivity (Wildman–Crippen MR) is 115 cm³/mol. The lowest BCUT2D eigenvalue weighted by Gasteiger charge is -2.35. The van der Waals surface area contributed by atoms with Gasteiger partial charge in [0.05, 0.1) is 23.6 Å². The maximum absolute atomic E-state index is 14.1. The number of carbonyl (C=O) groups is 1. The molecule has 1 aliphatic heterocycles. The van der Waals surface area contributed by atoms with Crippen LogP contribution in [0, 0.1) is 17.6 Å². The van der Waals surface area contributed by atoms with Crippen LogP contribution in [0.1, 0.15) is 34.9 Å². The molecular formula is C22H23F2N5O3S. The minimum atomic E-state index is -3.72. The van der Waals surface area contributed by atoms with Crippen LogP contribution in [0.3, 0.4) is 0 Å². The highest BCUT2D eigenvalue weighted by Gasteiger charge is 2.35. The van der Waals surface area contributed by atoms with E-state index in [-0.39, 0.29) is 29.6 Å². The van der Waals surface area contributed by atoms with E-state index in [1.807, 2.05) is 0 Å². The molecule has 0 aliphatic carbocycles. The van der Waals surface area contributed by atoms with E-state index in [1.54, 1.807) is 36.0 Å². The number of carbonyl (C=O) groups excluding carboxylic acids is 1. The number of aromatic nitrogens is 3. The van der Waals surface area contributed by atoms with Crippen molar-refractivity contribution in [2.24, 2.45) is 13.0 Å². The minimum absolute atomic E-state index is 0.00943. The molecule has 1 fully saturated rings. The van der Waals surface area contributed by atoms with Crippen molar-refractivity contribution >= 4 is 15.9 Å². The summed E-state index contributed by atoms with van der Waals surface area (Å²) in [5, 5.41) is 2.81. The number of halogens is 2. The number of rotatable bonds is 6. The summed E-state index contributed by atoms with van der Waals surface area (Å²) < 4.78 is 56.1. The topological polar surface area (TPSA) is 97.2 Å². The van der Waals surface area contributed by atoms with E-state index in [0.717, 1.165) is 12.1 Å². The van der Waals surface area contributed by atoms with Gasteiger partial charge in [0, 0.05) is 38.6 Å². The highest BCUT2D eigenvalue weighted by molar-refractivity contribution is 7.89. The van der Waals surface area contributed by atoms with Crippen molar-refractivity contribution in [3.8, 4) is 0 Å². The number of aryl methyl sites for hydroxylation is 1. The van der Waals surface area contributed by atoms with Crippen molar-refractivity contribution in [2.45, 2.75) is 23.9 Å². The van der Waals surface area contributed by atoms with Gasteiger partial charge in [0.15, 0.2) is 5.03 Å². The molecule has 33 heavy (non-hydrogen) atoms. The zero-order valence-corrected chi connectivity index (χ0v) is 18.7. The maximum atomic E-state index is 14.1. The first-order chi connectivity index (χ1) is 15.8. The van der Waals surface area contributed by atoms with Crippen molar-refractivity contribution in [2.75, 3.05) is 13.1 Å². The molecule has 8 nitrogen and oxygen atoms in total. The molecule has 4 rings (SSSR count). The molecular weight excluding hydrogens is 452 g/mol. The van der Waals surface area contributed by atoms with Crippen LogP contribution in [0.4, 0.5) is 8.78 Å². The number of benzene rings is 1. The van der Waals surface area contributed by atoms with Crippen molar-refractivity contribution in [3.63, 3.8) is 0 Å². The number of nitrogens with zero attached hydrogens (tertiary/aromatic N) is 4.